The Morgan fingerprint density at radius 3 is 2.75 bits per heavy atom. The maximum Gasteiger partial charge on any atom is 0.328 e. The van der Waals surface area contributed by atoms with Gasteiger partial charge in [-0.15, -0.1) is 0 Å². The first kappa shape index (κ1) is 16.0. The number of ether oxygens (including phenoxy) is 1. The molecular formula is C18H18N2O4. The molecule has 2 aromatic carbocycles. The smallest absolute Gasteiger partial charge is 0.328 e. The van der Waals surface area contributed by atoms with Gasteiger partial charge in [0.05, 0.1) is 6.54 Å². The van der Waals surface area contributed by atoms with Crippen LogP contribution in [-0.2, 0) is 6.54 Å². The van der Waals surface area contributed by atoms with Gasteiger partial charge in [0.1, 0.15) is 18.5 Å². The number of aromatic amines is 1. The van der Waals surface area contributed by atoms with Crippen molar-refractivity contribution in [1.29, 1.82) is 0 Å². The maximum atomic E-state index is 11.7. The third-order valence-electron chi connectivity index (χ3n) is 3.78. The second-order valence-corrected chi connectivity index (χ2v) is 5.67. The summed E-state index contributed by atoms with van der Waals surface area (Å²) in [6, 6.07) is 13.5. The van der Waals surface area contributed by atoms with E-state index in [-0.39, 0.29) is 13.2 Å². The molecule has 0 aliphatic heterocycles. The van der Waals surface area contributed by atoms with Crippen LogP contribution in [0, 0.1) is 6.92 Å². The van der Waals surface area contributed by atoms with E-state index < -0.39 is 17.4 Å². The summed E-state index contributed by atoms with van der Waals surface area (Å²) in [6.07, 6.45) is 0.550. The Balaban J connectivity index is 1.72. The molecule has 3 aromatic rings. The van der Waals surface area contributed by atoms with Crippen molar-refractivity contribution in [1.82, 2.24) is 9.55 Å². The number of aliphatic hydroxyl groups excluding tert-OH is 1. The number of aryl methyl sites for hydroxylation is 1. The van der Waals surface area contributed by atoms with E-state index in [1.165, 1.54) is 10.8 Å². The van der Waals surface area contributed by atoms with Gasteiger partial charge in [0.25, 0.3) is 5.56 Å². The summed E-state index contributed by atoms with van der Waals surface area (Å²) < 4.78 is 6.98. The number of nitrogens with one attached hydrogen (secondary N) is 1. The molecule has 24 heavy (non-hydrogen) atoms. The van der Waals surface area contributed by atoms with Crippen molar-refractivity contribution in [3.63, 3.8) is 0 Å². The van der Waals surface area contributed by atoms with Crippen LogP contribution < -0.4 is 16.0 Å². The summed E-state index contributed by atoms with van der Waals surface area (Å²) in [5.74, 6) is 0.678. The predicted molar refractivity (Wildman–Crippen MR) is 91.5 cm³/mol. The topological polar surface area (TPSA) is 84.3 Å². The molecular weight excluding hydrogens is 308 g/mol. The van der Waals surface area contributed by atoms with E-state index in [4.69, 9.17) is 4.74 Å². The Morgan fingerprint density at radius 1 is 1.17 bits per heavy atom. The zero-order valence-electron chi connectivity index (χ0n) is 13.2. The summed E-state index contributed by atoms with van der Waals surface area (Å²) in [7, 11) is 0. The van der Waals surface area contributed by atoms with Crippen LogP contribution in [0.5, 0.6) is 5.75 Å². The third kappa shape index (κ3) is 3.38. The largest absolute Gasteiger partial charge is 0.490 e. The van der Waals surface area contributed by atoms with Crippen LogP contribution in [0.3, 0.4) is 0 Å². The Labute approximate surface area is 138 Å². The van der Waals surface area contributed by atoms with Gasteiger partial charge in [0.15, 0.2) is 0 Å². The van der Waals surface area contributed by atoms with E-state index in [2.05, 4.69) is 4.98 Å². The highest BCUT2D eigenvalue weighted by molar-refractivity contribution is 5.88. The second kappa shape index (κ2) is 6.72. The number of hydrogen-bond acceptors (Lipinski definition) is 4. The van der Waals surface area contributed by atoms with Gasteiger partial charge in [-0.3, -0.25) is 14.3 Å². The van der Waals surface area contributed by atoms with Crippen LogP contribution in [-0.4, -0.2) is 27.4 Å². The Bertz CT molecular complexity index is 969. The number of hydrogen-bond donors (Lipinski definition) is 2. The molecule has 0 radical (unpaired) electrons. The molecule has 0 saturated heterocycles. The Kier molecular flexibility index (Phi) is 4.48. The molecule has 2 N–H and O–H groups in total. The van der Waals surface area contributed by atoms with E-state index in [0.29, 0.717) is 11.3 Å². The van der Waals surface area contributed by atoms with Crippen LogP contribution in [0.1, 0.15) is 5.56 Å². The average Bonchev–Trinajstić information content (AvgIpc) is 2.58. The first-order valence-electron chi connectivity index (χ1n) is 7.63. The molecule has 1 aromatic heterocycles. The summed E-state index contributed by atoms with van der Waals surface area (Å²) in [5, 5.41) is 12.2. The van der Waals surface area contributed by atoms with Crippen molar-refractivity contribution in [3.8, 4) is 5.75 Å². The van der Waals surface area contributed by atoms with Gasteiger partial charge in [-0.05, 0) is 18.4 Å². The fraction of sp³-hybridized carbons (Fsp3) is 0.222. The quantitative estimate of drug-likeness (QED) is 0.743. The van der Waals surface area contributed by atoms with Gasteiger partial charge < -0.3 is 9.84 Å². The van der Waals surface area contributed by atoms with Crippen molar-refractivity contribution in [2.75, 3.05) is 6.61 Å². The molecule has 0 aliphatic rings. The van der Waals surface area contributed by atoms with Gasteiger partial charge in [-0.25, -0.2) is 4.79 Å². The molecule has 0 fully saturated rings. The highest BCUT2D eigenvalue weighted by Crippen LogP contribution is 2.25. The molecule has 6 heteroatoms. The lowest BCUT2D eigenvalue weighted by atomic mass is 10.1. The molecule has 1 unspecified atom stereocenters. The SMILES string of the molecule is Cc1cn(CC(O)COc2cccc3ccccc23)c(=O)[nH]c1=O. The molecule has 0 amide bonds. The molecule has 0 saturated carbocycles. The molecule has 1 atom stereocenters. The number of benzene rings is 2. The highest BCUT2D eigenvalue weighted by Gasteiger charge is 2.10. The van der Waals surface area contributed by atoms with E-state index >= 15 is 0 Å². The zero-order valence-corrected chi connectivity index (χ0v) is 13.2. The molecule has 3 rings (SSSR count). The van der Waals surface area contributed by atoms with Gasteiger partial charge in [-0.2, -0.15) is 0 Å². The van der Waals surface area contributed by atoms with Gasteiger partial charge in [-0.1, -0.05) is 36.4 Å². The summed E-state index contributed by atoms with van der Waals surface area (Å²) in [4.78, 5) is 25.3. The fourth-order valence-corrected chi connectivity index (χ4v) is 2.54. The molecule has 1 heterocycles. The number of fused-ring (bicyclic) bond motifs is 1. The minimum Gasteiger partial charge on any atom is -0.490 e. The van der Waals surface area contributed by atoms with Crippen LogP contribution in [0.15, 0.2) is 58.3 Å². The average molecular weight is 326 g/mol. The first-order valence-corrected chi connectivity index (χ1v) is 7.63. The monoisotopic (exact) mass is 326 g/mol. The van der Waals surface area contributed by atoms with E-state index in [1.54, 1.807) is 6.92 Å². The number of aliphatic hydroxyl groups is 1. The Hall–Kier alpha value is -2.86. The zero-order chi connectivity index (χ0) is 17.1. The second-order valence-electron chi connectivity index (χ2n) is 5.67. The number of H-pyrrole nitrogens is 1. The Morgan fingerprint density at radius 2 is 1.92 bits per heavy atom. The van der Waals surface area contributed by atoms with Crippen molar-refractivity contribution in [2.24, 2.45) is 0 Å². The lowest BCUT2D eigenvalue weighted by molar-refractivity contribution is 0.0919. The number of nitrogens with zero attached hydrogens (tertiary/aromatic N) is 1. The van der Waals surface area contributed by atoms with E-state index in [1.807, 2.05) is 42.5 Å². The summed E-state index contributed by atoms with van der Waals surface area (Å²) in [6.45, 7) is 1.69. The van der Waals surface area contributed by atoms with Crippen LogP contribution in [0.25, 0.3) is 10.8 Å². The molecule has 124 valence electrons. The molecule has 0 aliphatic carbocycles. The van der Waals surface area contributed by atoms with Crippen molar-refractivity contribution < 1.29 is 9.84 Å². The van der Waals surface area contributed by atoms with Crippen molar-refractivity contribution >= 4 is 10.8 Å². The molecule has 0 spiro atoms. The lowest BCUT2D eigenvalue weighted by Crippen LogP contribution is -2.35. The number of rotatable bonds is 5. The van der Waals surface area contributed by atoms with Gasteiger partial charge in [0.2, 0.25) is 0 Å². The number of aromatic nitrogens is 2. The van der Waals surface area contributed by atoms with Gasteiger partial charge in [0, 0.05) is 17.1 Å². The third-order valence-corrected chi connectivity index (χ3v) is 3.78. The summed E-state index contributed by atoms with van der Waals surface area (Å²) >= 11 is 0. The van der Waals surface area contributed by atoms with Crippen LogP contribution in [0.4, 0.5) is 0 Å². The normalized spacial score (nSPS) is 12.2. The minimum absolute atomic E-state index is 0.0403. The predicted octanol–water partition coefficient (Wildman–Crippen LogP) is 1.44. The summed E-state index contributed by atoms with van der Waals surface area (Å²) in [5.41, 5.74) is -0.552. The standard InChI is InChI=1S/C18H18N2O4/c1-12-9-20(18(23)19-17(12)22)10-14(21)11-24-16-8-4-6-13-5-2-3-7-15(13)16/h2-9,14,21H,10-11H2,1H3,(H,19,22,23). The lowest BCUT2D eigenvalue weighted by Gasteiger charge is -2.15. The van der Waals surface area contributed by atoms with Crippen molar-refractivity contribution in [2.45, 2.75) is 19.6 Å². The van der Waals surface area contributed by atoms with E-state index in [9.17, 15) is 14.7 Å². The highest BCUT2D eigenvalue weighted by atomic mass is 16.5. The van der Waals surface area contributed by atoms with Gasteiger partial charge >= 0.3 is 5.69 Å². The van der Waals surface area contributed by atoms with E-state index in [0.717, 1.165) is 10.8 Å². The maximum absolute atomic E-state index is 11.7. The van der Waals surface area contributed by atoms with Crippen LogP contribution in [0.2, 0.25) is 0 Å². The first-order chi connectivity index (χ1) is 11.5. The minimum atomic E-state index is -0.882. The molecule has 0 bridgehead atoms. The van der Waals surface area contributed by atoms with Crippen LogP contribution >= 0.6 is 0 Å². The van der Waals surface area contributed by atoms with Crippen molar-refractivity contribution in [3.05, 3.63) is 75.1 Å². The fourth-order valence-electron chi connectivity index (χ4n) is 2.54. The molecule has 6 nitrogen and oxygen atoms in total.